The quantitative estimate of drug-likeness (QED) is 0.456. The van der Waals surface area contributed by atoms with Crippen molar-refractivity contribution in [3.05, 3.63) is 89.5 Å². The third-order valence-corrected chi connectivity index (χ3v) is 5.31. The summed E-state index contributed by atoms with van der Waals surface area (Å²) in [6, 6.07) is 17.5. The summed E-state index contributed by atoms with van der Waals surface area (Å²) in [6.07, 6.45) is -5.37. The summed E-state index contributed by atoms with van der Waals surface area (Å²) in [4.78, 5) is 25.8. The van der Waals surface area contributed by atoms with Gasteiger partial charge in [0.2, 0.25) is 0 Å². The molecule has 0 N–H and O–H groups in total. The van der Waals surface area contributed by atoms with E-state index in [-0.39, 0.29) is 60.4 Å². The molecule has 0 saturated heterocycles. The van der Waals surface area contributed by atoms with Crippen molar-refractivity contribution >= 4 is 17.6 Å². The van der Waals surface area contributed by atoms with Crippen LogP contribution >= 0.6 is 0 Å². The molecule has 1 aliphatic rings. The zero-order valence-electron chi connectivity index (χ0n) is 18.7. The van der Waals surface area contributed by atoms with Crippen molar-refractivity contribution in [1.29, 1.82) is 0 Å². The standard InChI is InChI=1S/C25H20F3NO5.Na/c26-25(27,28)17-7-5-6-16(14-17)15-29-19-9-2-4-11-21(19)34-22(23(29)30)12-13-33-20-10-3-1-8-18(20)24(31)32;/h1-11,14,22H,12-13,15H2,(H,31,32);/q;+1/p-1. The fraction of sp³-hybridized carbons (Fsp3) is 0.200. The Morgan fingerprint density at radius 3 is 2.49 bits per heavy atom. The minimum absolute atomic E-state index is 0. The van der Waals surface area contributed by atoms with Gasteiger partial charge in [-0.15, -0.1) is 0 Å². The fourth-order valence-electron chi connectivity index (χ4n) is 3.69. The number of benzene rings is 3. The monoisotopic (exact) mass is 493 g/mol. The predicted octanol–water partition coefficient (Wildman–Crippen LogP) is 0.836. The van der Waals surface area contributed by atoms with E-state index in [1.807, 2.05) is 0 Å². The summed E-state index contributed by atoms with van der Waals surface area (Å²) in [7, 11) is 0. The molecule has 0 aromatic heterocycles. The van der Waals surface area contributed by atoms with Crippen molar-refractivity contribution in [2.75, 3.05) is 11.5 Å². The van der Waals surface area contributed by atoms with Gasteiger partial charge in [0.05, 0.1) is 30.4 Å². The number of alkyl halides is 3. The van der Waals surface area contributed by atoms with E-state index in [1.54, 1.807) is 30.3 Å². The maximum atomic E-state index is 13.2. The molecule has 1 aliphatic heterocycles. The molecule has 3 aromatic carbocycles. The first-order chi connectivity index (χ1) is 16.2. The number of anilines is 1. The van der Waals surface area contributed by atoms with Crippen LogP contribution in [0.3, 0.4) is 0 Å². The van der Waals surface area contributed by atoms with Gasteiger partial charge in [-0.05, 0) is 42.0 Å². The molecule has 0 bridgehead atoms. The molecule has 4 rings (SSSR count). The Labute approximate surface area is 221 Å². The van der Waals surface area contributed by atoms with E-state index < -0.39 is 29.7 Å². The molecule has 176 valence electrons. The molecule has 0 radical (unpaired) electrons. The second-order valence-electron chi connectivity index (χ2n) is 7.62. The molecule has 0 spiro atoms. The van der Waals surface area contributed by atoms with Crippen LogP contribution in [-0.4, -0.2) is 24.6 Å². The number of para-hydroxylation sites is 3. The normalized spacial score (nSPS) is 15.0. The van der Waals surface area contributed by atoms with Crippen LogP contribution in [0.15, 0.2) is 72.8 Å². The number of amides is 1. The Balaban J connectivity index is 0.00000342. The average molecular weight is 493 g/mol. The van der Waals surface area contributed by atoms with Crippen LogP contribution in [0.4, 0.5) is 18.9 Å². The van der Waals surface area contributed by atoms with Gasteiger partial charge in [0.25, 0.3) is 5.91 Å². The average Bonchev–Trinajstić information content (AvgIpc) is 2.81. The van der Waals surface area contributed by atoms with Gasteiger partial charge < -0.3 is 24.3 Å². The Morgan fingerprint density at radius 2 is 1.74 bits per heavy atom. The smallest absolute Gasteiger partial charge is 0.545 e. The summed E-state index contributed by atoms with van der Waals surface area (Å²) >= 11 is 0. The number of carbonyl (C=O) groups excluding carboxylic acids is 2. The third-order valence-electron chi connectivity index (χ3n) is 5.31. The molecule has 0 saturated carbocycles. The van der Waals surface area contributed by atoms with Gasteiger partial charge in [-0.3, -0.25) is 4.79 Å². The van der Waals surface area contributed by atoms with E-state index in [2.05, 4.69) is 0 Å². The number of hydrogen-bond acceptors (Lipinski definition) is 5. The molecular weight excluding hydrogens is 474 g/mol. The molecule has 1 unspecified atom stereocenters. The van der Waals surface area contributed by atoms with Crippen LogP contribution in [0.5, 0.6) is 11.5 Å². The molecular formula is C25H19F3NNaO5. The van der Waals surface area contributed by atoms with Gasteiger partial charge in [0.1, 0.15) is 11.5 Å². The topological polar surface area (TPSA) is 78.9 Å². The Morgan fingerprint density at radius 1 is 1.03 bits per heavy atom. The summed E-state index contributed by atoms with van der Waals surface area (Å²) < 4.78 is 50.8. The second-order valence-corrected chi connectivity index (χ2v) is 7.62. The van der Waals surface area contributed by atoms with E-state index in [4.69, 9.17) is 9.47 Å². The predicted molar refractivity (Wildman–Crippen MR) is 114 cm³/mol. The molecule has 3 aromatic rings. The van der Waals surface area contributed by atoms with E-state index >= 15 is 0 Å². The van der Waals surface area contributed by atoms with Crippen LogP contribution in [0.25, 0.3) is 0 Å². The minimum atomic E-state index is -4.50. The van der Waals surface area contributed by atoms with E-state index in [0.717, 1.165) is 12.1 Å². The van der Waals surface area contributed by atoms with Gasteiger partial charge in [-0.25, -0.2) is 0 Å². The first kappa shape index (κ1) is 26.6. The third kappa shape index (κ3) is 6.17. The van der Waals surface area contributed by atoms with Crippen molar-refractivity contribution in [3.8, 4) is 11.5 Å². The second kappa shape index (κ2) is 11.2. The minimum Gasteiger partial charge on any atom is -0.545 e. The van der Waals surface area contributed by atoms with Crippen molar-refractivity contribution in [2.24, 2.45) is 0 Å². The molecule has 35 heavy (non-hydrogen) atoms. The summed E-state index contributed by atoms with van der Waals surface area (Å²) in [5.41, 5.74) is -0.146. The first-order valence-corrected chi connectivity index (χ1v) is 10.4. The number of carbonyl (C=O) groups is 2. The molecule has 0 aliphatic carbocycles. The number of fused-ring (bicyclic) bond motifs is 1. The van der Waals surface area contributed by atoms with Gasteiger partial charge >= 0.3 is 35.7 Å². The molecule has 10 heteroatoms. The van der Waals surface area contributed by atoms with E-state index in [0.29, 0.717) is 17.0 Å². The van der Waals surface area contributed by atoms with E-state index in [1.165, 1.54) is 35.2 Å². The number of halogens is 3. The van der Waals surface area contributed by atoms with Gasteiger partial charge in [-0.1, -0.05) is 36.4 Å². The number of nitrogens with zero attached hydrogens (tertiary/aromatic N) is 1. The number of carboxylic acids is 1. The SMILES string of the molecule is O=C([O-])c1ccccc1OCCC1Oc2ccccc2N(Cc2cccc(C(F)(F)F)c2)C1=O.[Na+]. The summed E-state index contributed by atoms with van der Waals surface area (Å²) in [6.45, 7) is -0.103. The van der Waals surface area contributed by atoms with Crippen molar-refractivity contribution in [1.82, 2.24) is 0 Å². The first-order valence-electron chi connectivity index (χ1n) is 10.4. The maximum absolute atomic E-state index is 13.2. The van der Waals surface area contributed by atoms with Crippen LogP contribution in [0.2, 0.25) is 0 Å². The zero-order valence-corrected chi connectivity index (χ0v) is 20.7. The van der Waals surface area contributed by atoms with Crippen LogP contribution in [0, 0.1) is 0 Å². The van der Waals surface area contributed by atoms with Crippen LogP contribution < -0.4 is 49.0 Å². The fourth-order valence-corrected chi connectivity index (χ4v) is 3.69. The molecule has 1 heterocycles. The Hall–Kier alpha value is -3.01. The van der Waals surface area contributed by atoms with Gasteiger partial charge in [-0.2, -0.15) is 13.2 Å². The van der Waals surface area contributed by atoms with Crippen molar-refractivity contribution in [3.63, 3.8) is 0 Å². The number of hydrogen-bond donors (Lipinski definition) is 0. The summed E-state index contributed by atoms with van der Waals surface area (Å²) in [5, 5.41) is 11.2. The Bertz CT molecular complexity index is 1220. The number of carboxylic acid groups (broad SMARTS) is 1. The van der Waals surface area contributed by atoms with Crippen LogP contribution in [0.1, 0.15) is 27.9 Å². The summed E-state index contributed by atoms with van der Waals surface area (Å²) in [5.74, 6) is -1.31. The molecule has 0 fully saturated rings. The number of rotatable bonds is 7. The molecule has 1 atom stereocenters. The maximum Gasteiger partial charge on any atom is 1.00 e. The number of ether oxygens (including phenoxy) is 2. The number of aromatic carboxylic acids is 1. The van der Waals surface area contributed by atoms with Gasteiger partial charge in [0, 0.05) is 12.0 Å². The van der Waals surface area contributed by atoms with Crippen molar-refractivity contribution < 1.29 is 66.9 Å². The molecule has 6 nitrogen and oxygen atoms in total. The van der Waals surface area contributed by atoms with Gasteiger partial charge in [0.15, 0.2) is 6.10 Å². The van der Waals surface area contributed by atoms with Crippen molar-refractivity contribution in [2.45, 2.75) is 25.2 Å². The largest absolute Gasteiger partial charge is 1.00 e. The zero-order chi connectivity index (χ0) is 24.3. The van der Waals surface area contributed by atoms with E-state index in [9.17, 15) is 27.9 Å². The Kier molecular flexibility index (Phi) is 8.47. The molecule has 1 amide bonds. The van der Waals surface area contributed by atoms with Crippen LogP contribution in [-0.2, 0) is 17.5 Å².